The van der Waals surface area contributed by atoms with Gasteiger partial charge in [-0.2, -0.15) is 0 Å². The van der Waals surface area contributed by atoms with Crippen LogP contribution in [-0.2, 0) is 24.0 Å². The van der Waals surface area contributed by atoms with Gasteiger partial charge in [-0.25, -0.2) is 0 Å². The number of carboxylic acids is 1. The lowest BCUT2D eigenvalue weighted by atomic mass is 9.56. The molecular weight excluding hydrogens is 607 g/mol. The Balaban J connectivity index is 1.68. The molecule has 1 saturated carbocycles. The number of phenols is 1. The van der Waals surface area contributed by atoms with Crippen molar-refractivity contribution >= 4 is 68.7 Å². The number of nitrogens with zero attached hydrogens (tertiary/aromatic N) is 2. The van der Waals surface area contributed by atoms with Gasteiger partial charge in [-0.05, 0) is 24.8 Å². The van der Waals surface area contributed by atoms with Gasteiger partial charge < -0.3 is 14.9 Å². The molecule has 10 nitrogen and oxygen atoms in total. The van der Waals surface area contributed by atoms with Crippen LogP contribution in [0.1, 0.15) is 30.7 Å². The zero-order chi connectivity index (χ0) is 27.7. The summed E-state index contributed by atoms with van der Waals surface area (Å²) in [5.74, 6) is -7.12. The van der Waals surface area contributed by atoms with Gasteiger partial charge in [0.05, 0.1) is 30.8 Å². The van der Waals surface area contributed by atoms with Crippen molar-refractivity contribution in [1.82, 2.24) is 9.80 Å². The van der Waals surface area contributed by atoms with Gasteiger partial charge >= 0.3 is 5.97 Å². The molecule has 6 unspecified atom stereocenters. The highest BCUT2D eigenvalue weighted by Gasteiger charge is 2.76. The number of aliphatic carboxylic acids is 1. The number of likely N-dealkylation sites (tertiary alicyclic amines) is 2. The highest BCUT2D eigenvalue weighted by molar-refractivity contribution is 9.09. The number of amides is 4. The maximum absolute atomic E-state index is 13.7. The van der Waals surface area contributed by atoms with Crippen molar-refractivity contribution in [3.05, 3.63) is 35.4 Å². The summed E-state index contributed by atoms with van der Waals surface area (Å²) in [6, 6.07) is 4.45. The number of benzene rings is 1. The average molecular weight is 630 g/mol. The maximum atomic E-state index is 13.7. The van der Waals surface area contributed by atoms with Crippen molar-refractivity contribution in [2.75, 3.05) is 19.1 Å². The van der Waals surface area contributed by atoms with Gasteiger partial charge in [0, 0.05) is 24.1 Å². The van der Waals surface area contributed by atoms with E-state index in [1.807, 2.05) is 0 Å². The molecule has 0 aromatic heterocycles. The minimum absolute atomic E-state index is 0.143. The third kappa shape index (κ3) is 3.47. The Kier molecular flexibility index (Phi) is 6.55. The molecule has 0 bridgehead atoms. The Labute approximate surface area is 235 Å². The minimum atomic E-state index is -2.03. The summed E-state index contributed by atoms with van der Waals surface area (Å²) in [6.45, 7) is -0.273. The summed E-state index contributed by atoms with van der Waals surface area (Å²) in [6.07, 6.45) is 1.28. The molecule has 0 spiro atoms. The Hall–Kier alpha value is -2.63. The number of alkyl halides is 3. The molecular formula is C25H23BrCl2N2O8. The molecule has 202 valence electrons. The van der Waals surface area contributed by atoms with E-state index in [0.29, 0.717) is 11.3 Å². The van der Waals surface area contributed by atoms with Gasteiger partial charge in [0.25, 0.3) is 11.8 Å². The number of hydrogen-bond acceptors (Lipinski definition) is 7. The highest BCUT2D eigenvalue weighted by Crippen LogP contribution is 2.66. The van der Waals surface area contributed by atoms with Crippen LogP contribution in [0.2, 0.25) is 0 Å². The number of carbonyl (C=O) groups is 5. The SMILES string of the molecule is COc1ccc(C2C3=CCC4C(=O)N(CCC(=O)O)C(=O)C4C3CC3(Cl)C(=O)N(CBr)C(=O)C23Cl)c(O)c1. The summed E-state index contributed by atoms with van der Waals surface area (Å²) in [5.41, 5.74) is 0.583. The van der Waals surface area contributed by atoms with E-state index in [-0.39, 0.29) is 36.2 Å². The number of fused-ring (bicyclic) bond motifs is 4. The first-order valence-electron chi connectivity index (χ1n) is 11.9. The Morgan fingerprint density at radius 2 is 1.84 bits per heavy atom. The molecule has 0 radical (unpaired) electrons. The van der Waals surface area contributed by atoms with Crippen LogP contribution in [0.3, 0.4) is 0 Å². The van der Waals surface area contributed by atoms with Crippen LogP contribution in [0.15, 0.2) is 29.8 Å². The molecule has 6 atom stereocenters. The van der Waals surface area contributed by atoms with E-state index in [2.05, 4.69) is 15.9 Å². The number of ether oxygens (including phenoxy) is 1. The molecule has 4 aliphatic rings. The molecule has 1 aromatic carbocycles. The second-order valence-electron chi connectivity index (χ2n) is 9.88. The number of rotatable bonds is 6. The van der Waals surface area contributed by atoms with E-state index in [0.717, 1.165) is 9.80 Å². The summed E-state index contributed by atoms with van der Waals surface area (Å²) in [7, 11) is 1.42. The van der Waals surface area contributed by atoms with Crippen molar-refractivity contribution in [2.45, 2.75) is 34.9 Å². The minimum Gasteiger partial charge on any atom is -0.508 e. The van der Waals surface area contributed by atoms with Crippen molar-refractivity contribution in [1.29, 1.82) is 0 Å². The number of methoxy groups -OCH3 is 1. The van der Waals surface area contributed by atoms with E-state index in [1.165, 1.54) is 19.2 Å². The van der Waals surface area contributed by atoms with Crippen LogP contribution in [0, 0.1) is 17.8 Å². The Morgan fingerprint density at radius 1 is 1.13 bits per heavy atom. The standard InChI is InChI=1S/C25H23BrCl2N2O8/c1-38-11-2-3-13(16(31)8-11)19-12-4-5-14-18(21(35)29(20(14)34)7-6-17(32)33)15(12)9-24(27)22(36)30(10-26)23(37)25(19,24)28/h2-4,8,14-15,18-19,31H,5-7,9-10H2,1H3,(H,32,33). The molecule has 2 saturated heterocycles. The molecule has 5 rings (SSSR count). The number of aromatic hydroxyl groups is 1. The van der Waals surface area contributed by atoms with E-state index in [4.69, 9.17) is 33.0 Å². The second-order valence-corrected chi connectivity index (χ2v) is 11.6. The molecule has 3 fully saturated rings. The summed E-state index contributed by atoms with van der Waals surface area (Å²) >= 11 is 17.3. The number of phenolic OH excluding ortho intramolecular Hbond substituents is 1. The predicted octanol–water partition coefficient (Wildman–Crippen LogP) is 2.59. The smallest absolute Gasteiger partial charge is 0.305 e. The topological polar surface area (TPSA) is 142 Å². The number of carboxylic acid groups (broad SMARTS) is 1. The van der Waals surface area contributed by atoms with Crippen LogP contribution in [0.4, 0.5) is 0 Å². The van der Waals surface area contributed by atoms with Crippen LogP contribution in [0.5, 0.6) is 11.5 Å². The number of halogens is 3. The lowest BCUT2D eigenvalue weighted by molar-refractivity contribution is -0.143. The fraction of sp³-hybridized carbons (Fsp3) is 0.480. The van der Waals surface area contributed by atoms with Gasteiger partial charge in [0.2, 0.25) is 11.8 Å². The number of hydrogen-bond donors (Lipinski definition) is 2. The van der Waals surface area contributed by atoms with E-state index in [9.17, 15) is 29.1 Å². The molecule has 38 heavy (non-hydrogen) atoms. The van der Waals surface area contributed by atoms with E-state index >= 15 is 0 Å². The number of carbonyl (C=O) groups excluding carboxylic acids is 4. The normalized spacial score (nSPS) is 34.2. The fourth-order valence-electron chi connectivity index (χ4n) is 6.49. The molecule has 4 amide bonds. The third-order valence-electron chi connectivity index (χ3n) is 8.20. The molecule has 2 aliphatic heterocycles. The Morgan fingerprint density at radius 3 is 2.45 bits per heavy atom. The summed E-state index contributed by atoms with van der Waals surface area (Å²) < 4.78 is 5.18. The first-order valence-corrected chi connectivity index (χ1v) is 13.7. The molecule has 13 heteroatoms. The summed E-state index contributed by atoms with van der Waals surface area (Å²) in [4.78, 5) is 62.9. The lowest BCUT2D eigenvalue weighted by Crippen LogP contribution is -2.60. The van der Waals surface area contributed by atoms with Gasteiger partial charge in [0.15, 0.2) is 9.75 Å². The van der Waals surface area contributed by atoms with Crippen LogP contribution < -0.4 is 4.74 Å². The van der Waals surface area contributed by atoms with Gasteiger partial charge in [-0.1, -0.05) is 33.6 Å². The van der Waals surface area contributed by atoms with Gasteiger partial charge in [-0.3, -0.25) is 33.8 Å². The largest absolute Gasteiger partial charge is 0.508 e. The van der Waals surface area contributed by atoms with Crippen LogP contribution >= 0.6 is 39.1 Å². The second kappa shape index (κ2) is 9.24. The number of allylic oxidation sites excluding steroid dienone is 2. The average Bonchev–Trinajstić information content (AvgIpc) is 3.20. The van der Waals surface area contributed by atoms with Crippen LogP contribution in [-0.4, -0.2) is 78.5 Å². The summed E-state index contributed by atoms with van der Waals surface area (Å²) in [5, 5.41) is 20.1. The van der Waals surface area contributed by atoms with Gasteiger partial charge in [0.1, 0.15) is 11.5 Å². The highest BCUT2D eigenvalue weighted by atomic mass is 79.9. The predicted molar refractivity (Wildman–Crippen MR) is 137 cm³/mol. The van der Waals surface area contributed by atoms with E-state index < -0.39 is 69.4 Å². The van der Waals surface area contributed by atoms with E-state index in [1.54, 1.807) is 12.1 Å². The van der Waals surface area contributed by atoms with Gasteiger partial charge in [-0.15, -0.1) is 23.2 Å². The maximum Gasteiger partial charge on any atom is 0.305 e. The lowest BCUT2D eigenvalue weighted by Gasteiger charge is -2.50. The monoisotopic (exact) mass is 628 g/mol. The fourth-order valence-corrected chi connectivity index (χ4v) is 7.90. The quantitative estimate of drug-likeness (QED) is 0.212. The zero-order valence-corrected chi connectivity index (χ0v) is 23.1. The molecule has 1 aromatic rings. The number of imide groups is 2. The van der Waals surface area contributed by atoms with Crippen molar-refractivity contribution < 1.29 is 38.9 Å². The van der Waals surface area contributed by atoms with Crippen LogP contribution in [0.25, 0.3) is 0 Å². The molecule has 2 aliphatic carbocycles. The molecule has 2 N–H and O–H groups in total. The molecule has 2 heterocycles. The zero-order valence-electron chi connectivity index (χ0n) is 20.0. The first-order chi connectivity index (χ1) is 17.9. The Bertz CT molecular complexity index is 1320. The van der Waals surface area contributed by atoms with Crippen molar-refractivity contribution in [3.8, 4) is 11.5 Å². The van der Waals surface area contributed by atoms with Crippen molar-refractivity contribution in [3.63, 3.8) is 0 Å². The first kappa shape index (κ1) is 27.0. The third-order valence-corrected chi connectivity index (χ3v) is 10.1. The van der Waals surface area contributed by atoms with Crippen molar-refractivity contribution in [2.24, 2.45) is 17.8 Å².